The molecular formula is C24H40IN5O3. The van der Waals surface area contributed by atoms with Crippen molar-refractivity contribution >= 4 is 41.9 Å². The minimum atomic E-state index is -0.479. The zero-order chi connectivity index (χ0) is 23.7. The van der Waals surface area contributed by atoms with Gasteiger partial charge in [0.1, 0.15) is 5.60 Å². The van der Waals surface area contributed by atoms with Crippen LogP contribution in [0.4, 0.5) is 4.79 Å². The van der Waals surface area contributed by atoms with Gasteiger partial charge in [0.25, 0.3) is 5.91 Å². The second kappa shape index (κ2) is 13.6. The third-order valence-corrected chi connectivity index (χ3v) is 5.24. The Kier molecular flexibility index (Phi) is 12.0. The molecule has 0 radical (unpaired) electrons. The molecule has 0 aromatic heterocycles. The lowest BCUT2D eigenvalue weighted by atomic mass is 9.98. The molecule has 0 bridgehead atoms. The number of piperidine rings is 1. The average molecular weight is 574 g/mol. The third kappa shape index (κ3) is 10.2. The second-order valence-electron chi connectivity index (χ2n) is 9.46. The molecule has 1 aliphatic heterocycles. The van der Waals surface area contributed by atoms with Crippen LogP contribution in [0.3, 0.4) is 0 Å². The molecule has 186 valence electrons. The van der Waals surface area contributed by atoms with Crippen LogP contribution in [0.25, 0.3) is 0 Å². The van der Waals surface area contributed by atoms with Crippen molar-refractivity contribution in [3.8, 4) is 0 Å². The lowest BCUT2D eigenvalue weighted by Crippen LogP contribution is -2.47. The lowest BCUT2D eigenvalue weighted by Gasteiger charge is -2.34. The molecule has 0 aliphatic carbocycles. The summed E-state index contributed by atoms with van der Waals surface area (Å²) in [7, 11) is 5.26. The molecule has 1 unspecified atom stereocenters. The van der Waals surface area contributed by atoms with E-state index in [1.54, 1.807) is 30.9 Å². The van der Waals surface area contributed by atoms with Gasteiger partial charge in [-0.3, -0.25) is 9.79 Å². The number of likely N-dealkylation sites (tertiary alicyclic amines) is 1. The fraction of sp³-hybridized carbons (Fsp3) is 0.625. The van der Waals surface area contributed by atoms with Crippen LogP contribution in [0.2, 0.25) is 0 Å². The van der Waals surface area contributed by atoms with E-state index in [0.717, 1.165) is 43.9 Å². The molecule has 9 heteroatoms. The maximum absolute atomic E-state index is 12.4. The number of benzene rings is 1. The van der Waals surface area contributed by atoms with Crippen LogP contribution < -0.4 is 10.6 Å². The van der Waals surface area contributed by atoms with Gasteiger partial charge in [0.05, 0.1) is 0 Å². The molecule has 1 aromatic rings. The van der Waals surface area contributed by atoms with Crippen LogP contribution in [0.5, 0.6) is 0 Å². The summed E-state index contributed by atoms with van der Waals surface area (Å²) in [6, 6.07) is 7.72. The van der Waals surface area contributed by atoms with Crippen LogP contribution in [0.1, 0.15) is 49.5 Å². The number of ether oxygens (including phenoxy) is 1. The Morgan fingerprint density at radius 1 is 1.24 bits per heavy atom. The van der Waals surface area contributed by atoms with Crippen molar-refractivity contribution in [3.63, 3.8) is 0 Å². The maximum atomic E-state index is 12.4. The zero-order valence-corrected chi connectivity index (χ0v) is 23.1. The molecule has 33 heavy (non-hydrogen) atoms. The standard InChI is InChI=1S/C24H39N5O3.HI/c1-24(2,3)32-23(31)29-14-8-10-19(17-29)16-27-22(25-4)26-13-12-18-9-7-11-20(15-18)21(30)28(5)6;/h7,9,11,15,19H,8,10,12-14,16-17H2,1-6H3,(H2,25,26,27);1H. The highest BCUT2D eigenvalue weighted by Gasteiger charge is 2.27. The van der Waals surface area contributed by atoms with Gasteiger partial charge < -0.3 is 25.2 Å². The lowest BCUT2D eigenvalue weighted by molar-refractivity contribution is 0.0168. The average Bonchev–Trinajstić information content (AvgIpc) is 2.74. The number of guanidine groups is 1. The van der Waals surface area contributed by atoms with Crippen LogP contribution in [0.15, 0.2) is 29.3 Å². The van der Waals surface area contributed by atoms with Gasteiger partial charge in [-0.15, -0.1) is 24.0 Å². The molecule has 2 rings (SSSR count). The number of rotatable bonds is 6. The first-order valence-electron chi connectivity index (χ1n) is 11.3. The smallest absolute Gasteiger partial charge is 0.410 e. The second-order valence-corrected chi connectivity index (χ2v) is 9.46. The SMILES string of the molecule is CN=C(NCCc1cccc(C(=O)N(C)C)c1)NCC1CCCN(C(=O)OC(C)(C)C)C1.I. The van der Waals surface area contributed by atoms with Gasteiger partial charge in [0.2, 0.25) is 0 Å². The molecule has 1 aromatic carbocycles. The van der Waals surface area contributed by atoms with E-state index in [9.17, 15) is 9.59 Å². The molecule has 1 heterocycles. The summed E-state index contributed by atoms with van der Waals surface area (Å²) in [5, 5.41) is 6.71. The van der Waals surface area contributed by atoms with Gasteiger partial charge in [-0.1, -0.05) is 12.1 Å². The van der Waals surface area contributed by atoms with Crippen LogP contribution in [-0.4, -0.2) is 80.7 Å². The Morgan fingerprint density at radius 2 is 1.97 bits per heavy atom. The molecule has 8 nitrogen and oxygen atoms in total. The van der Waals surface area contributed by atoms with Gasteiger partial charge in [-0.2, -0.15) is 0 Å². The fourth-order valence-electron chi connectivity index (χ4n) is 3.63. The highest BCUT2D eigenvalue weighted by Crippen LogP contribution is 2.19. The summed E-state index contributed by atoms with van der Waals surface area (Å²) >= 11 is 0. The fourth-order valence-corrected chi connectivity index (χ4v) is 3.63. The largest absolute Gasteiger partial charge is 0.444 e. The number of aliphatic imine (C=N–C) groups is 1. The molecule has 2 amide bonds. The summed E-state index contributed by atoms with van der Waals surface area (Å²) in [5.41, 5.74) is 1.32. The Bertz CT molecular complexity index is 808. The minimum Gasteiger partial charge on any atom is -0.444 e. The third-order valence-electron chi connectivity index (χ3n) is 5.24. The zero-order valence-electron chi connectivity index (χ0n) is 20.8. The van der Waals surface area contributed by atoms with E-state index in [1.807, 2.05) is 45.0 Å². The number of hydrogen-bond donors (Lipinski definition) is 2. The van der Waals surface area contributed by atoms with E-state index in [1.165, 1.54) is 0 Å². The number of halogens is 1. The highest BCUT2D eigenvalue weighted by molar-refractivity contribution is 14.0. The molecule has 0 spiro atoms. The van der Waals surface area contributed by atoms with Gasteiger partial charge in [0.15, 0.2) is 5.96 Å². The van der Waals surface area contributed by atoms with E-state index in [4.69, 9.17) is 4.74 Å². The first-order chi connectivity index (χ1) is 15.1. The van der Waals surface area contributed by atoms with Crippen LogP contribution in [-0.2, 0) is 11.2 Å². The van der Waals surface area contributed by atoms with Crippen molar-refractivity contribution in [1.29, 1.82) is 0 Å². The van der Waals surface area contributed by atoms with Gasteiger partial charge in [0, 0.05) is 52.9 Å². The number of amides is 2. The molecule has 2 N–H and O–H groups in total. The van der Waals surface area contributed by atoms with Crippen molar-refractivity contribution in [2.24, 2.45) is 10.9 Å². The maximum Gasteiger partial charge on any atom is 0.410 e. The van der Waals surface area contributed by atoms with Crippen LogP contribution in [0, 0.1) is 5.92 Å². The monoisotopic (exact) mass is 573 g/mol. The van der Waals surface area contributed by atoms with Crippen molar-refractivity contribution in [2.45, 2.75) is 45.6 Å². The van der Waals surface area contributed by atoms with E-state index in [0.29, 0.717) is 24.6 Å². The van der Waals surface area contributed by atoms with Gasteiger partial charge in [-0.25, -0.2) is 4.79 Å². The summed E-state index contributed by atoms with van der Waals surface area (Å²) < 4.78 is 5.51. The number of carbonyl (C=O) groups is 2. The molecule has 1 fully saturated rings. The topological polar surface area (TPSA) is 86.3 Å². The summed E-state index contributed by atoms with van der Waals surface area (Å²) in [4.78, 5) is 32.2. The summed E-state index contributed by atoms with van der Waals surface area (Å²) in [6.07, 6.45) is 2.58. The van der Waals surface area contributed by atoms with Crippen molar-refractivity contribution in [3.05, 3.63) is 35.4 Å². The van der Waals surface area contributed by atoms with Crippen molar-refractivity contribution in [2.75, 3.05) is 47.3 Å². The number of nitrogens with one attached hydrogen (secondary N) is 2. The van der Waals surface area contributed by atoms with Crippen molar-refractivity contribution < 1.29 is 14.3 Å². The van der Waals surface area contributed by atoms with Crippen molar-refractivity contribution in [1.82, 2.24) is 20.4 Å². The van der Waals surface area contributed by atoms with Gasteiger partial charge >= 0.3 is 6.09 Å². The van der Waals surface area contributed by atoms with Gasteiger partial charge in [-0.05, 0) is 63.6 Å². The predicted octanol–water partition coefficient (Wildman–Crippen LogP) is 3.36. The first kappa shape index (κ1) is 29.0. The molecule has 0 saturated carbocycles. The number of hydrogen-bond acceptors (Lipinski definition) is 4. The number of nitrogens with zero attached hydrogens (tertiary/aromatic N) is 3. The van der Waals surface area contributed by atoms with E-state index < -0.39 is 5.60 Å². The normalized spacial score (nSPS) is 16.5. The van der Waals surface area contributed by atoms with E-state index >= 15 is 0 Å². The minimum absolute atomic E-state index is 0. The predicted molar refractivity (Wildman–Crippen MR) is 143 cm³/mol. The first-order valence-corrected chi connectivity index (χ1v) is 11.3. The van der Waals surface area contributed by atoms with Crippen LogP contribution >= 0.6 is 24.0 Å². The van der Waals surface area contributed by atoms with E-state index in [-0.39, 0.29) is 36.0 Å². The quantitative estimate of drug-likeness (QED) is 0.310. The summed E-state index contributed by atoms with van der Waals surface area (Å²) in [6.45, 7) is 8.54. The molecule has 1 aliphatic rings. The Hall–Kier alpha value is -2.04. The highest BCUT2D eigenvalue weighted by atomic mass is 127. The molecule has 1 saturated heterocycles. The number of carbonyl (C=O) groups excluding carboxylic acids is 2. The van der Waals surface area contributed by atoms with E-state index in [2.05, 4.69) is 15.6 Å². The summed E-state index contributed by atoms with van der Waals surface area (Å²) in [5.74, 6) is 1.09. The Balaban J connectivity index is 0.00000544. The molecular weight excluding hydrogens is 533 g/mol. The Labute approximate surface area is 215 Å². The molecule has 1 atom stereocenters. The Morgan fingerprint density at radius 3 is 2.61 bits per heavy atom.